The number of furan rings is 1. The van der Waals surface area contributed by atoms with E-state index in [9.17, 15) is 4.79 Å². The van der Waals surface area contributed by atoms with Crippen LogP contribution in [0.3, 0.4) is 0 Å². The number of amides is 1. The molecule has 1 aromatic heterocycles. The number of halogens is 2. The number of nitrogens with zero attached hydrogens (tertiary/aromatic N) is 1. The number of hydrogen-bond donors (Lipinski definition) is 0. The van der Waals surface area contributed by atoms with Gasteiger partial charge in [-0.15, -0.1) is 0 Å². The Hall–Kier alpha value is -1.31. The predicted molar refractivity (Wildman–Crippen MR) is 111 cm³/mol. The summed E-state index contributed by atoms with van der Waals surface area (Å²) in [6.45, 7) is 1.12. The molecule has 0 radical (unpaired) electrons. The average Bonchev–Trinajstić information content (AvgIpc) is 3.17. The van der Waals surface area contributed by atoms with E-state index in [2.05, 4.69) is 0 Å². The van der Waals surface area contributed by atoms with Gasteiger partial charge in [-0.05, 0) is 36.8 Å². The Bertz CT molecular complexity index is 879. The zero-order chi connectivity index (χ0) is 18.7. The summed E-state index contributed by atoms with van der Waals surface area (Å²) in [4.78, 5) is 14.6. The summed E-state index contributed by atoms with van der Waals surface area (Å²) in [5.41, 5.74) is 0.700. The number of carbonyl (C=O) groups excluding carboxylic acids is 1. The topological polar surface area (TPSA) is 42.7 Å². The molecule has 0 atom stereocenters. The molecule has 1 aliphatic heterocycles. The third-order valence-corrected chi connectivity index (χ3v) is 5.64. The number of thiocarbonyl (C=S) groups is 1. The summed E-state index contributed by atoms with van der Waals surface area (Å²) in [7, 11) is 1.63. The van der Waals surface area contributed by atoms with Gasteiger partial charge in [0.1, 0.15) is 15.8 Å². The SMILES string of the molecule is COCCCN1C(=O)C(=Cc2ccc(-c3cc(Cl)ccc3Cl)o2)SC1=S. The molecule has 0 bridgehead atoms. The molecule has 1 aromatic carbocycles. The maximum absolute atomic E-state index is 12.5. The quantitative estimate of drug-likeness (QED) is 0.346. The average molecular weight is 428 g/mol. The van der Waals surface area contributed by atoms with E-state index < -0.39 is 0 Å². The van der Waals surface area contributed by atoms with Crippen LogP contribution in [0.5, 0.6) is 0 Å². The Morgan fingerprint density at radius 2 is 2.12 bits per heavy atom. The Morgan fingerprint density at radius 1 is 1.31 bits per heavy atom. The zero-order valence-corrected chi connectivity index (χ0v) is 17.0. The molecule has 8 heteroatoms. The molecule has 0 aliphatic carbocycles. The summed E-state index contributed by atoms with van der Waals surface area (Å²) in [5, 5.41) is 1.11. The van der Waals surface area contributed by atoms with Gasteiger partial charge >= 0.3 is 0 Å². The van der Waals surface area contributed by atoms with Gasteiger partial charge in [0.25, 0.3) is 5.91 Å². The maximum atomic E-state index is 12.5. The fourth-order valence-corrected chi connectivity index (χ4v) is 4.12. The lowest BCUT2D eigenvalue weighted by atomic mass is 10.2. The largest absolute Gasteiger partial charge is 0.457 e. The maximum Gasteiger partial charge on any atom is 0.266 e. The Balaban J connectivity index is 1.79. The summed E-state index contributed by atoms with van der Waals surface area (Å²) in [6, 6.07) is 8.74. The van der Waals surface area contributed by atoms with Crippen LogP contribution in [0.1, 0.15) is 12.2 Å². The van der Waals surface area contributed by atoms with E-state index in [0.29, 0.717) is 49.5 Å². The van der Waals surface area contributed by atoms with Crippen molar-refractivity contribution in [1.29, 1.82) is 0 Å². The first-order valence-electron chi connectivity index (χ1n) is 7.79. The Labute approximate surface area is 171 Å². The monoisotopic (exact) mass is 427 g/mol. The first-order valence-corrected chi connectivity index (χ1v) is 9.77. The van der Waals surface area contributed by atoms with E-state index in [1.807, 2.05) is 0 Å². The van der Waals surface area contributed by atoms with Crippen LogP contribution < -0.4 is 0 Å². The lowest BCUT2D eigenvalue weighted by Crippen LogP contribution is -2.29. The molecule has 0 unspecified atom stereocenters. The minimum Gasteiger partial charge on any atom is -0.457 e. The molecule has 26 heavy (non-hydrogen) atoms. The van der Waals surface area contributed by atoms with Crippen molar-refractivity contribution in [2.45, 2.75) is 6.42 Å². The molecule has 1 saturated heterocycles. The van der Waals surface area contributed by atoms with Crippen LogP contribution in [0.4, 0.5) is 0 Å². The van der Waals surface area contributed by atoms with E-state index in [1.165, 1.54) is 11.8 Å². The molecule has 0 N–H and O–H groups in total. The number of thioether (sulfide) groups is 1. The normalized spacial score (nSPS) is 16.1. The molecule has 0 spiro atoms. The zero-order valence-electron chi connectivity index (χ0n) is 13.8. The van der Waals surface area contributed by atoms with Crippen LogP contribution in [-0.4, -0.2) is 35.4 Å². The van der Waals surface area contributed by atoms with Crippen LogP contribution in [0, 0.1) is 0 Å². The molecule has 0 saturated carbocycles. The molecule has 4 nitrogen and oxygen atoms in total. The van der Waals surface area contributed by atoms with Crippen molar-refractivity contribution in [3.63, 3.8) is 0 Å². The number of benzene rings is 1. The number of methoxy groups -OCH3 is 1. The molecular formula is C18H15Cl2NO3S2. The van der Waals surface area contributed by atoms with Gasteiger partial charge in [0.05, 0.1) is 9.93 Å². The van der Waals surface area contributed by atoms with Crippen LogP contribution in [0.25, 0.3) is 17.4 Å². The minimum absolute atomic E-state index is 0.116. The van der Waals surface area contributed by atoms with Crippen LogP contribution >= 0.6 is 47.2 Å². The third-order valence-electron chi connectivity index (χ3n) is 3.70. The highest BCUT2D eigenvalue weighted by Gasteiger charge is 2.31. The van der Waals surface area contributed by atoms with Gasteiger partial charge in [-0.25, -0.2) is 0 Å². The fraction of sp³-hybridized carbons (Fsp3) is 0.222. The van der Waals surface area contributed by atoms with Crippen LogP contribution in [0.2, 0.25) is 10.0 Å². The summed E-state index contributed by atoms with van der Waals surface area (Å²) < 4.78 is 11.4. The fourth-order valence-electron chi connectivity index (χ4n) is 2.45. The van der Waals surface area contributed by atoms with E-state index >= 15 is 0 Å². The first kappa shape index (κ1) is 19.5. The second-order valence-corrected chi connectivity index (χ2v) is 8.03. The second-order valence-electron chi connectivity index (χ2n) is 5.51. The van der Waals surface area contributed by atoms with Gasteiger partial charge in [-0.1, -0.05) is 47.2 Å². The highest BCUT2D eigenvalue weighted by Crippen LogP contribution is 2.35. The Kier molecular flexibility index (Phi) is 6.42. The van der Waals surface area contributed by atoms with Crippen LogP contribution in [-0.2, 0) is 9.53 Å². The van der Waals surface area contributed by atoms with E-state index in [0.717, 1.165) is 6.42 Å². The van der Waals surface area contributed by atoms with Gasteiger partial charge < -0.3 is 9.15 Å². The van der Waals surface area contributed by atoms with Crippen molar-refractivity contribution in [1.82, 2.24) is 4.90 Å². The van der Waals surface area contributed by atoms with Crippen molar-refractivity contribution in [3.05, 3.63) is 51.0 Å². The van der Waals surface area contributed by atoms with E-state index in [-0.39, 0.29) is 5.91 Å². The van der Waals surface area contributed by atoms with Gasteiger partial charge in [0.15, 0.2) is 0 Å². The van der Waals surface area contributed by atoms with Gasteiger partial charge in [-0.3, -0.25) is 9.69 Å². The van der Waals surface area contributed by atoms with Crippen molar-refractivity contribution in [3.8, 4) is 11.3 Å². The second kappa shape index (κ2) is 8.59. The van der Waals surface area contributed by atoms with Crippen molar-refractivity contribution < 1.29 is 13.9 Å². The summed E-state index contributed by atoms with van der Waals surface area (Å²) >= 11 is 18.8. The number of ether oxygens (including phenoxy) is 1. The Morgan fingerprint density at radius 3 is 2.88 bits per heavy atom. The molecule has 3 rings (SSSR count). The van der Waals surface area contributed by atoms with E-state index in [1.54, 1.807) is 48.4 Å². The number of carbonyl (C=O) groups is 1. The summed E-state index contributed by atoms with van der Waals surface area (Å²) in [6.07, 6.45) is 2.42. The van der Waals surface area contributed by atoms with Gasteiger partial charge in [0.2, 0.25) is 0 Å². The van der Waals surface area contributed by atoms with Crippen molar-refractivity contribution in [2.75, 3.05) is 20.3 Å². The van der Waals surface area contributed by atoms with Gasteiger partial charge in [0, 0.05) is 36.9 Å². The third kappa shape index (κ3) is 4.32. The van der Waals surface area contributed by atoms with Crippen molar-refractivity contribution >= 4 is 63.5 Å². The highest BCUT2D eigenvalue weighted by molar-refractivity contribution is 8.26. The molecule has 1 amide bonds. The molecule has 2 heterocycles. The number of rotatable bonds is 6. The van der Waals surface area contributed by atoms with Gasteiger partial charge in [-0.2, -0.15) is 0 Å². The van der Waals surface area contributed by atoms with E-state index in [4.69, 9.17) is 44.6 Å². The molecular weight excluding hydrogens is 413 g/mol. The number of hydrogen-bond acceptors (Lipinski definition) is 5. The molecule has 2 aromatic rings. The van der Waals surface area contributed by atoms with Crippen molar-refractivity contribution in [2.24, 2.45) is 0 Å². The smallest absolute Gasteiger partial charge is 0.266 e. The standard InChI is InChI=1S/C18H15Cl2NO3S2/c1-23-8-2-7-21-17(22)16(26-18(21)25)10-12-4-6-15(24-12)13-9-11(19)3-5-14(13)20/h3-6,9-10H,2,7-8H2,1H3. The molecule has 1 aliphatic rings. The predicted octanol–water partition coefficient (Wildman–Crippen LogP) is 5.49. The minimum atomic E-state index is -0.116. The molecule has 136 valence electrons. The molecule has 1 fully saturated rings. The van der Waals surface area contributed by atoms with Crippen LogP contribution in [0.15, 0.2) is 39.7 Å². The lowest BCUT2D eigenvalue weighted by Gasteiger charge is -2.13. The highest BCUT2D eigenvalue weighted by atomic mass is 35.5. The summed E-state index contributed by atoms with van der Waals surface area (Å²) in [5.74, 6) is 1.02. The first-order chi connectivity index (χ1) is 12.5. The lowest BCUT2D eigenvalue weighted by molar-refractivity contribution is -0.122.